The van der Waals surface area contributed by atoms with Gasteiger partial charge in [-0.2, -0.15) is 0 Å². The van der Waals surface area contributed by atoms with Crippen molar-refractivity contribution >= 4 is 11.8 Å². The normalized spacial score (nSPS) is 30.0. The molecule has 6 heteroatoms. The van der Waals surface area contributed by atoms with E-state index in [4.69, 9.17) is 18.9 Å². The van der Waals surface area contributed by atoms with Crippen molar-refractivity contribution in [3.8, 4) is 0 Å². The van der Waals surface area contributed by atoms with Gasteiger partial charge in [-0.05, 0) is 39.3 Å². The molecule has 0 unspecified atom stereocenters. The van der Waals surface area contributed by atoms with Crippen LogP contribution in [0.2, 0.25) is 0 Å². The van der Waals surface area contributed by atoms with E-state index in [1.165, 1.54) is 0 Å². The van der Waals surface area contributed by atoms with Crippen LogP contribution < -0.4 is 0 Å². The van der Waals surface area contributed by atoms with Gasteiger partial charge in [-0.15, -0.1) is 0 Å². The van der Waals surface area contributed by atoms with Gasteiger partial charge in [0.05, 0.1) is 18.3 Å². The molecule has 3 rings (SSSR count). The van der Waals surface area contributed by atoms with E-state index >= 15 is 0 Å². The summed E-state index contributed by atoms with van der Waals surface area (Å²) in [7, 11) is 0. The zero-order valence-electron chi connectivity index (χ0n) is 14.8. The van der Waals surface area contributed by atoms with E-state index in [0.717, 1.165) is 0 Å². The quantitative estimate of drug-likeness (QED) is 0.736. The highest BCUT2D eigenvalue weighted by Gasteiger charge is 2.61. The van der Waals surface area contributed by atoms with Crippen LogP contribution in [0.15, 0.2) is 30.3 Å². The molecule has 0 aromatic heterocycles. The Balaban J connectivity index is 1.69. The van der Waals surface area contributed by atoms with Gasteiger partial charge in [0.25, 0.3) is 0 Å². The number of carbonyl (C=O) groups is 2. The lowest BCUT2D eigenvalue weighted by molar-refractivity contribution is -0.195. The van der Waals surface area contributed by atoms with E-state index < -0.39 is 17.4 Å². The lowest BCUT2D eigenvalue weighted by Crippen LogP contribution is -2.46. The Morgan fingerprint density at radius 3 is 2.64 bits per heavy atom. The number of Topliss-reactive ketones (excluding diaryl/α,β-unsaturated/α-hetero) is 1. The molecule has 2 fully saturated rings. The van der Waals surface area contributed by atoms with Crippen LogP contribution >= 0.6 is 0 Å². The second kappa shape index (κ2) is 6.86. The molecule has 136 valence electrons. The summed E-state index contributed by atoms with van der Waals surface area (Å²) in [5.74, 6) is -1.09. The van der Waals surface area contributed by atoms with Crippen molar-refractivity contribution in [3.05, 3.63) is 35.9 Å². The van der Waals surface area contributed by atoms with Gasteiger partial charge < -0.3 is 23.7 Å². The topological polar surface area (TPSA) is 71.1 Å². The monoisotopic (exact) mass is 348 g/mol. The van der Waals surface area contributed by atoms with Crippen LogP contribution in [0.4, 0.5) is 0 Å². The minimum atomic E-state index is -0.838. The molecular formula is C19H24O6. The number of hydrogen-bond donors (Lipinski definition) is 0. The lowest BCUT2D eigenvalue weighted by atomic mass is 9.95. The summed E-state index contributed by atoms with van der Waals surface area (Å²) < 4.78 is 23.4. The summed E-state index contributed by atoms with van der Waals surface area (Å²) in [5, 5.41) is 0. The van der Waals surface area contributed by atoms with E-state index in [2.05, 4.69) is 0 Å². The molecule has 1 aromatic rings. The summed E-state index contributed by atoms with van der Waals surface area (Å²) in [6, 6.07) is 8.81. The summed E-state index contributed by atoms with van der Waals surface area (Å²) >= 11 is 0. The van der Waals surface area contributed by atoms with Gasteiger partial charge in [-0.3, -0.25) is 0 Å². The van der Waals surface area contributed by atoms with Crippen molar-refractivity contribution in [1.82, 2.24) is 0 Å². The van der Waals surface area contributed by atoms with Gasteiger partial charge in [-0.25, -0.2) is 4.79 Å². The molecule has 3 atom stereocenters. The molecule has 0 N–H and O–H groups in total. The maximum atomic E-state index is 12.2. The molecule has 0 amide bonds. The molecule has 2 heterocycles. The summed E-state index contributed by atoms with van der Waals surface area (Å²) in [5.41, 5.74) is -0.351. The van der Waals surface area contributed by atoms with Crippen molar-refractivity contribution in [2.75, 3.05) is 13.2 Å². The molecule has 25 heavy (non-hydrogen) atoms. The first-order valence-electron chi connectivity index (χ1n) is 8.53. The fraction of sp³-hybridized carbons (Fsp3) is 0.579. The maximum Gasteiger partial charge on any atom is 0.338 e. The first-order chi connectivity index (χ1) is 11.8. The molecule has 1 aromatic carbocycles. The third kappa shape index (κ3) is 3.92. The van der Waals surface area contributed by atoms with Crippen molar-refractivity contribution in [2.45, 2.75) is 57.2 Å². The highest BCUT2D eigenvalue weighted by molar-refractivity contribution is 5.89. The van der Waals surface area contributed by atoms with Crippen LogP contribution in [0.25, 0.3) is 0 Å². The SMILES string of the molecule is CC(=O)CC[C@@H]1OC[C@@]2(COC(=O)c3ccccc3)OC(C)(C)O[C@@H]12. The number of ether oxygens (including phenoxy) is 4. The Labute approximate surface area is 147 Å². The largest absolute Gasteiger partial charge is 0.459 e. The Hall–Kier alpha value is -1.76. The fourth-order valence-corrected chi connectivity index (χ4v) is 3.43. The van der Waals surface area contributed by atoms with E-state index in [1.54, 1.807) is 31.2 Å². The molecule has 2 aliphatic rings. The standard InChI is InChI=1S/C19H24O6/c1-13(20)9-10-15-16-19(11-22-15,25-18(2,3)24-16)12-23-17(21)14-7-5-4-6-8-14/h4-8,15-16H,9-12H2,1-3H3/t15-,16-,19-/m0/s1. The minimum absolute atomic E-state index is 0.0470. The second-order valence-electron chi connectivity index (χ2n) is 7.14. The molecule has 0 spiro atoms. The highest BCUT2D eigenvalue weighted by atomic mass is 16.8. The number of ketones is 1. The van der Waals surface area contributed by atoms with Gasteiger partial charge in [0.1, 0.15) is 18.5 Å². The predicted molar refractivity (Wildman–Crippen MR) is 89.1 cm³/mol. The van der Waals surface area contributed by atoms with Crippen LogP contribution in [-0.4, -0.2) is 48.6 Å². The minimum Gasteiger partial charge on any atom is -0.459 e. The molecule has 0 saturated carbocycles. The third-order valence-corrected chi connectivity index (χ3v) is 4.50. The zero-order valence-corrected chi connectivity index (χ0v) is 14.8. The van der Waals surface area contributed by atoms with Crippen LogP contribution in [0, 0.1) is 0 Å². The Morgan fingerprint density at radius 2 is 1.96 bits per heavy atom. The van der Waals surface area contributed by atoms with Crippen LogP contribution in [-0.2, 0) is 23.7 Å². The number of hydrogen-bond acceptors (Lipinski definition) is 6. The van der Waals surface area contributed by atoms with E-state index in [1.807, 2.05) is 19.9 Å². The van der Waals surface area contributed by atoms with Crippen LogP contribution in [0.3, 0.4) is 0 Å². The summed E-state index contributed by atoms with van der Waals surface area (Å²) in [4.78, 5) is 23.5. The first-order valence-corrected chi connectivity index (χ1v) is 8.53. The Kier molecular flexibility index (Phi) is 4.95. The van der Waals surface area contributed by atoms with Gasteiger partial charge in [-0.1, -0.05) is 18.2 Å². The molecule has 0 radical (unpaired) electrons. The average molecular weight is 348 g/mol. The molecule has 0 aliphatic carbocycles. The molecule has 2 saturated heterocycles. The van der Waals surface area contributed by atoms with Crippen LogP contribution in [0.5, 0.6) is 0 Å². The number of esters is 1. The van der Waals surface area contributed by atoms with Gasteiger partial charge >= 0.3 is 5.97 Å². The van der Waals surface area contributed by atoms with Crippen molar-refractivity contribution in [2.24, 2.45) is 0 Å². The average Bonchev–Trinajstić information content (AvgIpc) is 3.02. The number of rotatable bonds is 6. The Bertz CT molecular complexity index is 641. The molecule has 0 bridgehead atoms. The summed E-state index contributed by atoms with van der Waals surface area (Å²) in [6.07, 6.45) is 0.366. The van der Waals surface area contributed by atoms with E-state index in [-0.39, 0.29) is 31.2 Å². The zero-order chi connectivity index (χ0) is 18.1. The van der Waals surface area contributed by atoms with Gasteiger partial charge in [0.15, 0.2) is 11.4 Å². The Morgan fingerprint density at radius 1 is 1.24 bits per heavy atom. The lowest BCUT2D eigenvalue weighted by Gasteiger charge is -2.26. The predicted octanol–water partition coefficient (Wildman–Crippen LogP) is 2.50. The van der Waals surface area contributed by atoms with Crippen molar-refractivity contribution in [1.29, 1.82) is 0 Å². The fourth-order valence-electron chi connectivity index (χ4n) is 3.43. The maximum absolute atomic E-state index is 12.2. The van der Waals surface area contributed by atoms with Crippen LogP contribution in [0.1, 0.15) is 44.0 Å². The number of carbonyl (C=O) groups excluding carboxylic acids is 2. The second-order valence-corrected chi connectivity index (χ2v) is 7.14. The first kappa shape index (κ1) is 18.0. The van der Waals surface area contributed by atoms with E-state index in [0.29, 0.717) is 18.4 Å². The molecular weight excluding hydrogens is 324 g/mol. The molecule has 2 aliphatic heterocycles. The third-order valence-electron chi connectivity index (χ3n) is 4.50. The van der Waals surface area contributed by atoms with Crippen molar-refractivity contribution < 1.29 is 28.5 Å². The van der Waals surface area contributed by atoms with E-state index in [9.17, 15) is 9.59 Å². The highest BCUT2D eigenvalue weighted by Crippen LogP contribution is 2.44. The van der Waals surface area contributed by atoms with Gasteiger partial charge in [0.2, 0.25) is 0 Å². The summed E-state index contributed by atoms with van der Waals surface area (Å²) in [6.45, 7) is 5.53. The number of benzene rings is 1. The smallest absolute Gasteiger partial charge is 0.338 e. The van der Waals surface area contributed by atoms with Crippen molar-refractivity contribution in [3.63, 3.8) is 0 Å². The number of fused-ring (bicyclic) bond motifs is 1. The van der Waals surface area contributed by atoms with Gasteiger partial charge in [0, 0.05) is 6.42 Å². The molecule has 6 nitrogen and oxygen atoms in total.